The summed E-state index contributed by atoms with van der Waals surface area (Å²) in [5, 5.41) is 11.0. The first-order valence-corrected chi connectivity index (χ1v) is 7.97. The van der Waals surface area contributed by atoms with Crippen LogP contribution in [0.2, 0.25) is 0 Å². The molecule has 3 rings (SSSR count). The average Bonchev–Trinajstić information content (AvgIpc) is 2.63. The van der Waals surface area contributed by atoms with Gasteiger partial charge in [-0.15, -0.1) is 0 Å². The number of hydrogen-bond donors (Lipinski definition) is 0. The smallest absolute Gasteiger partial charge is 0.273 e. The fourth-order valence-corrected chi connectivity index (χ4v) is 2.76. The summed E-state index contributed by atoms with van der Waals surface area (Å²) in [6.45, 7) is 4.95. The van der Waals surface area contributed by atoms with Crippen molar-refractivity contribution in [1.29, 1.82) is 0 Å². The van der Waals surface area contributed by atoms with Crippen LogP contribution in [-0.2, 0) is 0 Å². The number of hydrogen-bond acceptors (Lipinski definition) is 7. The molecule has 0 amide bonds. The van der Waals surface area contributed by atoms with Crippen LogP contribution in [0, 0.1) is 15.9 Å². The summed E-state index contributed by atoms with van der Waals surface area (Å²) in [7, 11) is 0. The van der Waals surface area contributed by atoms with E-state index in [0.29, 0.717) is 44.5 Å². The normalized spacial score (nSPS) is 14.5. The van der Waals surface area contributed by atoms with E-state index in [2.05, 4.69) is 14.9 Å². The van der Waals surface area contributed by atoms with Gasteiger partial charge in [0.05, 0.1) is 35.7 Å². The van der Waals surface area contributed by atoms with Gasteiger partial charge in [0.15, 0.2) is 5.82 Å². The van der Waals surface area contributed by atoms with E-state index in [-0.39, 0.29) is 5.69 Å². The molecule has 0 atom stereocenters. The summed E-state index contributed by atoms with van der Waals surface area (Å²) < 4.78 is 18.5. The van der Waals surface area contributed by atoms with Crippen LogP contribution in [0.1, 0.15) is 6.92 Å². The Labute approximate surface area is 144 Å². The number of nitro benzene ring substituents is 1. The summed E-state index contributed by atoms with van der Waals surface area (Å²) in [5.41, 5.74) is 0.831. The van der Waals surface area contributed by atoms with E-state index >= 15 is 0 Å². The Morgan fingerprint density at radius 1 is 1.20 bits per heavy atom. The van der Waals surface area contributed by atoms with Crippen molar-refractivity contribution in [3.8, 4) is 5.75 Å². The van der Waals surface area contributed by atoms with Gasteiger partial charge in [-0.2, -0.15) is 0 Å². The molecule has 1 saturated heterocycles. The third-order valence-corrected chi connectivity index (χ3v) is 3.96. The van der Waals surface area contributed by atoms with Gasteiger partial charge in [-0.3, -0.25) is 10.1 Å². The van der Waals surface area contributed by atoms with E-state index in [1.807, 2.05) is 11.8 Å². The summed E-state index contributed by atoms with van der Waals surface area (Å²) in [6.07, 6.45) is 2.30. The van der Waals surface area contributed by atoms with Crippen LogP contribution in [-0.4, -0.2) is 47.7 Å². The second kappa shape index (κ2) is 7.29. The van der Waals surface area contributed by atoms with Crippen molar-refractivity contribution in [1.82, 2.24) is 9.97 Å². The quantitative estimate of drug-likeness (QED) is 0.606. The lowest BCUT2D eigenvalue weighted by Gasteiger charge is -2.36. The minimum atomic E-state index is -0.463. The van der Waals surface area contributed by atoms with Crippen molar-refractivity contribution in [2.24, 2.45) is 0 Å². The molecule has 2 heterocycles. The van der Waals surface area contributed by atoms with Crippen LogP contribution in [0.3, 0.4) is 0 Å². The lowest BCUT2D eigenvalue weighted by Crippen LogP contribution is -2.47. The van der Waals surface area contributed by atoms with Gasteiger partial charge in [0.25, 0.3) is 5.69 Å². The van der Waals surface area contributed by atoms with E-state index in [9.17, 15) is 14.5 Å². The summed E-state index contributed by atoms with van der Waals surface area (Å²) >= 11 is 0. The highest BCUT2D eigenvalue weighted by atomic mass is 19.1. The lowest BCUT2D eigenvalue weighted by atomic mass is 10.2. The first-order valence-electron chi connectivity index (χ1n) is 7.97. The fraction of sp³-hybridized carbons (Fsp3) is 0.375. The van der Waals surface area contributed by atoms with Gasteiger partial charge in [0, 0.05) is 32.2 Å². The molecule has 1 aromatic carbocycles. The molecule has 0 N–H and O–H groups in total. The van der Waals surface area contributed by atoms with Crippen LogP contribution in [0.4, 0.5) is 21.7 Å². The van der Waals surface area contributed by atoms with E-state index in [1.165, 1.54) is 12.1 Å². The second-order valence-electron chi connectivity index (χ2n) is 5.52. The molecule has 0 bridgehead atoms. The van der Waals surface area contributed by atoms with E-state index in [1.54, 1.807) is 6.07 Å². The lowest BCUT2D eigenvalue weighted by molar-refractivity contribution is -0.384. The number of nitrogens with zero attached hydrogens (tertiary/aromatic N) is 5. The molecule has 9 heteroatoms. The minimum absolute atomic E-state index is 0.00514. The van der Waals surface area contributed by atoms with Crippen molar-refractivity contribution in [2.75, 3.05) is 42.6 Å². The molecule has 25 heavy (non-hydrogen) atoms. The maximum atomic E-state index is 12.9. The molecule has 1 fully saturated rings. The predicted octanol–water partition coefficient (Wildman–Crippen LogP) is 2.25. The Hall–Kier alpha value is -2.97. The van der Waals surface area contributed by atoms with Gasteiger partial charge in [-0.05, 0) is 13.0 Å². The average molecular weight is 347 g/mol. The van der Waals surface area contributed by atoms with Gasteiger partial charge in [-0.1, -0.05) is 0 Å². The SMILES string of the molecule is CCOc1cc([N+](=O)[O-])ccc1N1CCN(c2ncc(F)cn2)CC1. The topological polar surface area (TPSA) is 84.6 Å². The van der Waals surface area contributed by atoms with Crippen LogP contribution >= 0.6 is 0 Å². The first-order chi connectivity index (χ1) is 12.1. The number of ether oxygens (including phenoxy) is 1. The van der Waals surface area contributed by atoms with Crippen LogP contribution in [0.25, 0.3) is 0 Å². The molecular formula is C16H18FN5O3. The number of non-ortho nitro benzene ring substituents is 1. The van der Waals surface area contributed by atoms with Gasteiger partial charge in [0.1, 0.15) is 5.75 Å². The highest BCUT2D eigenvalue weighted by Gasteiger charge is 2.23. The largest absolute Gasteiger partial charge is 0.491 e. The molecular weight excluding hydrogens is 329 g/mol. The number of anilines is 2. The highest BCUT2D eigenvalue weighted by Crippen LogP contribution is 2.33. The van der Waals surface area contributed by atoms with Crippen LogP contribution in [0.15, 0.2) is 30.6 Å². The van der Waals surface area contributed by atoms with Gasteiger partial charge in [-0.25, -0.2) is 14.4 Å². The standard InChI is InChI=1S/C16H18FN5O3/c1-2-25-15-9-13(22(23)24)3-4-14(15)20-5-7-21(8-6-20)16-18-10-12(17)11-19-16/h3-4,9-11H,2,5-8H2,1H3. The van der Waals surface area contributed by atoms with Crippen molar-refractivity contribution in [2.45, 2.75) is 6.92 Å². The molecule has 2 aromatic rings. The molecule has 1 aliphatic rings. The first kappa shape index (κ1) is 16.9. The van der Waals surface area contributed by atoms with E-state index in [0.717, 1.165) is 18.1 Å². The van der Waals surface area contributed by atoms with Crippen LogP contribution in [0.5, 0.6) is 5.75 Å². The van der Waals surface area contributed by atoms with Crippen LogP contribution < -0.4 is 14.5 Å². The maximum Gasteiger partial charge on any atom is 0.273 e. The Balaban J connectivity index is 1.73. The van der Waals surface area contributed by atoms with E-state index in [4.69, 9.17) is 4.74 Å². The number of benzene rings is 1. The molecule has 1 aliphatic heterocycles. The third kappa shape index (κ3) is 3.76. The van der Waals surface area contributed by atoms with Crippen molar-refractivity contribution >= 4 is 17.3 Å². The second-order valence-corrected chi connectivity index (χ2v) is 5.52. The molecule has 0 unspecified atom stereocenters. The summed E-state index contributed by atoms with van der Waals surface area (Å²) in [4.78, 5) is 22.6. The molecule has 132 valence electrons. The fourth-order valence-electron chi connectivity index (χ4n) is 2.76. The number of aromatic nitrogens is 2. The summed E-state index contributed by atoms with van der Waals surface area (Å²) in [6, 6.07) is 4.65. The molecule has 0 saturated carbocycles. The molecule has 0 spiro atoms. The Kier molecular flexibility index (Phi) is 4.92. The Bertz CT molecular complexity index is 748. The highest BCUT2D eigenvalue weighted by molar-refractivity contribution is 5.63. The molecule has 0 aliphatic carbocycles. The molecule has 0 radical (unpaired) electrons. The molecule has 1 aromatic heterocycles. The summed E-state index contributed by atoms with van der Waals surface area (Å²) in [5.74, 6) is 0.535. The Morgan fingerprint density at radius 2 is 1.84 bits per heavy atom. The molecule has 8 nitrogen and oxygen atoms in total. The van der Waals surface area contributed by atoms with Gasteiger partial charge >= 0.3 is 0 Å². The zero-order valence-electron chi connectivity index (χ0n) is 13.8. The van der Waals surface area contributed by atoms with E-state index < -0.39 is 10.7 Å². The minimum Gasteiger partial charge on any atom is -0.491 e. The van der Waals surface area contributed by atoms with Crippen molar-refractivity contribution in [3.05, 3.63) is 46.5 Å². The van der Waals surface area contributed by atoms with Crippen molar-refractivity contribution < 1.29 is 14.1 Å². The van der Waals surface area contributed by atoms with Gasteiger partial charge in [0.2, 0.25) is 5.95 Å². The number of halogens is 1. The predicted molar refractivity (Wildman–Crippen MR) is 90.7 cm³/mol. The number of rotatable bonds is 5. The number of piperazine rings is 1. The van der Waals surface area contributed by atoms with Crippen molar-refractivity contribution in [3.63, 3.8) is 0 Å². The maximum absolute atomic E-state index is 12.9. The monoisotopic (exact) mass is 347 g/mol. The van der Waals surface area contributed by atoms with Gasteiger partial charge < -0.3 is 14.5 Å². The third-order valence-electron chi connectivity index (χ3n) is 3.96. The zero-order chi connectivity index (χ0) is 17.8. The number of nitro groups is 1. The zero-order valence-corrected chi connectivity index (χ0v) is 13.8. The Morgan fingerprint density at radius 3 is 2.44 bits per heavy atom.